The molecule has 0 saturated carbocycles. The van der Waals surface area contributed by atoms with E-state index in [0.29, 0.717) is 17.9 Å². The van der Waals surface area contributed by atoms with Crippen LogP contribution in [-0.4, -0.2) is 15.9 Å². The van der Waals surface area contributed by atoms with Crippen molar-refractivity contribution in [3.05, 3.63) is 52.6 Å². The second kappa shape index (κ2) is 5.36. The van der Waals surface area contributed by atoms with Gasteiger partial charge in [0.1, 0.15) is 10.7 Å². The van der Waals surface area contributed by atoms with Gasteiger partial charge in [0.25, 0.3) is 5.91 Å². The van der Waals surface area contributed by atoms with E-state index in [0.717, 1.165) is 15.9 Å². The maximum absolute atomic E-state index is 12.0. The first-order valence-corrected chi connectivity index (χ1v) is 6.95. The van der Waals surface area contributed by atoms with Crippen molar-refractivity contribution in [2.75, 3.05) is 5.32 Å². The topological polar surface area (TPSA) is 80.9 Å². The Labute approximate surface area is 119 Å². The van der Waals surface area contributed by atoms with Gasteiger partial charge in [0.2, 0.25) is 0 Å². The number of anilines is 1. The molecule has 20 heavy (non-hydrogen) atoms. The fourth-order valence-corrected chi connectivity index (χ4v) is 2.50. The highest BCUT2D eigenvalue weighted by Crippen LogP contribution is 2.17. The van der Waals surface area contributed by atoms with E-state index in [4.69, 9.17) is 5.73 Å². The van der Waals surface area contributed by atoms with E-state index in [9.17, 15) is 4.79 Å². The molecule has 0 spiro atoms. The first-order chi connectivity index (χ1) is 9.76. The summed E-state index contributed by atoms with van der Waals surface area (Å²) in [5.41, 5.74) is 7.40. The highest BCUT2D eigenvalue weighted by molar-refractivity contribution is 7.09. The smallest absolute Gasteiger partial charge is 0.275 e. The van der Waals surface area contributed by atoms with Crippen LogP contribution in [0.25, 0.3) is 10.9 Å². The van der Waals surface area contributed by atoms with Crippen molar-refractivity contribution in [1.82, 2.24) is 9.97 Å². The minimum Gasteiger partial charge on any atom is -0.325 e. The quantitative estimate of drug-likeness (QED) is 0.774. The van der Waals surface area contributed by atoms with Crippen LogP contribution in [0.15, 0.2) is 41.9 Å². The number of carbonyl (C=O) groups is 1. The van der Waals surface area contributed by atoms with Crippen molar-refractivity contribution in [3.8, 4) is 0 Å². The molecule has 5 nitrogen and oxygen atoms in total. The van der Waals surface area contributed by atoms with Crippen LogP contribution in [-0.2, 0) is 6.54 Å². The lowest BCUT2D eigenvalue weighted by Crippen LogP contribution is -2.12. The second-order valence-corrected chi connectivity index (χ2v) is 5.14. The summed E-state index contributed by atoms with van der Waals surface area (Å²) in [7, 11) is 0. The Morgan fingerprint density at radius 3 is 3.00 bits per heavy atom. The number of rotatable bonds is 3. The number of para-hydroxylation sites is 1. The van der Waals surface area contributed by atoms with Crippen molar-refractivity contribution in [2.45, 2.75) is 6.54 Å². The number of thiazole rings is 1. The predicted molar refractivity (Wildman–Crippen MR) is 79.7 cm³/mol. The van der Waals surface area contributed by atoms with Crippen LogP contribution in [0.4, 0.5) is 5.69 Å². The Morgan fingerprint density at radius 2 is 2.20 bits per heavy atom. The molecule has 0 atom stereocenters. The molecule has 3 rings (SSSR count). The van der Waals surface area contributed by atoms with Crippen molar-refractivity contribution in [1.29, 1.82) is 0 Å². The molecule has 3 N–H and O–H groups in total. The maximum Gasteiger partial charge on any atom is 0.275 e. The average Bonchev–Trinajstić information content (AvgIpc) is 2.96. The van der Waals surface area contributed by atoms with Crippen LogP contribution >= 0.6 is 11.3 Å². The molecular formula is C14H12N4OS. The minimum absolute atomic E-state index is 0.252. The van der Waals surface area contributed by atoms with E-state index in [1.54, 1.807) is 11.6 Å². The monoisotopic (exact) mass is 284 g/mol. The molecule has 100 valence electrons. The van der Waals surface area contributed by atoms with E-state index in [1.165, 1.54) is 11.3 Å². The van der Waals surface area contributed by atoms with E-state index in [2.05, 4.69) is 15.3 Å². The van der Waals surface area contributed by atoms with E-state index in [-0.39, 0.29) is 5.91 Å². The lowest BCUT2D eigenvalue weighted by atomic mass is 10.2. The standard InChI is InChI=1S/C14H12N4OS/c15-6-13-18-12(8-20-13)14(19)17-10-5-9-3-1-2-4-11(9)16-7-10/h1-5,7-8H,6,15H2,(H,17,19). The highest BCUT2D eigenvalue weighted by Gasteiger charge is 2.10. The van der Waals surface area contributed by atoms with Gasteiger partial charge >= 0.3 is 0 Å². The van der Waals surface area contributed by atoms with Gasteiger partial charge in [-0.2, -0.15) is 0 Å². The van der Waals surface area contributed by atoms with Crippen LogP contribution in [0.2, 0.25) is 0 Å². The van der Waals surface area contributed by atoms with Gasteiger partial charge in [-0.05, 0) is 12.1 Å². The first-order valence-electron chi connectivity index (χ1n) is 6.07. The SMILES string of the molecule is NCc1nc(C(=O)Nc2cnc3ccccc3c2)cs1. The van der Waals surface area contributed by atoms with Crippen molar-refractivity contribution >= 4 is 33.8 Å². The molecule has 0 aliphatic heterocycles. The fourth-order valence-electron chi connectivity index (χ4n) is 1.84. The number of hydrogen-bond acceptors (Lipinski definition) is 5. The molecule has 6 heteroatoms. The summed E-state index contributed by atoms with van der Waals surface area (Å²) >= 11 is 1.38. The van der Waals surface area contributed by atoms with Crippen LogP contribution in [0.3, 0.4) is 0 Å². The molecule has 0 saturated heterocycles. The Bertz CT molecular complexity index is 768. The summed E-state index contributed by atoms with van der Waals surface area (Å²) in [4.78, 5) is 20.5. The molecule has 0 radical (unpaired) electrons. The molecule has 1 aromatic carbocycles. The molecule has 0 bridgehead atoms. The summed E-state index contributed by atoms with van der Waals surface area (Å²) in [5.74, 6) is -0.252. The third-order valence-corrected chi connectivity index (χ3v) is 3.68. The van der Waals surface area contributed by atoms with Gasteiger partial charge in [0, 0.05) is 17.3 Å². The van der Waals surface area contributed by atoms with Gasteiger partial charge in [-0.1, -0.05) is 18.2 Å². The van der Waals surface area contributed by atoms with Crippen LogP contribution in [0.1, 0.15) is 15.5 Å². The number of aromatic nitrogens is 2. The van der Waals surface area contributed by atoms with E-state index >= 15 is 0 Å². The second-order valence-electron chi connectivity index (χ2n) is 4.20. The normalized spacial score (nSPS) is 10.7. The highest BCUT2D eigenvalue weighted by atomic mass is 32.1. The van der Waals surface area contributed by atoms with Crippen molar-refractivity contribution in [3.63, 3.8) is 0 Å². The number of nitrogens with two attached hydrogens (primary N) is 1. The maximum atomic E-state index is 12.0. The number of fused-ring (bicyclic) bond motifs is 1. The molecule has 0 fully saturated rings. The van der Waals surface area contributed by atoms with Gasteiger partial charge in [-0.3, -0.25) is 9.78 Å². The summed E-state index contributed by atoms with van der Waals surface area (Å²) in [6, 6.07) is 9.62. The number of amides is 1. The summed E-state index contributed by atoms with van der Waals surface area (Å²) in [6.07, 6.45) is 1.64. The molecule has 0 unspecified atom stereocenters. The van der Waals surface area contributed by atoms with Gasteiger partial charge < -0.3 is 11.1 Å². The van der Waals surface area contributed by atoms with Gasteiger partial charge in [0.05, 0.1) is 17.4 Å². The number of nitrogens with one attached hydrogen (secondary N) is 1. The zero-order valence-corrected chi connectivity index (χ0v) is 11.4. The van der Waals surface area contributed by atoms with Crippen molar-refractivity contribution in [2.24, 2.45) is 5.73 Å². The molecule has 3 aromatic rings. The van der Waals surface area contributed by atoms with Crippen molar-refractivity contribution < 1.29 is 4.79 Å². The summed E-state index contributed by atoms with van der Waals surface area (Å²) in [6.45, 7) is 0.343. The Morgan fingerprint density at radius 1 is 1.35 bits per heavy atom. The predicted octanol–water partition coefficient (Wildman–Crippen LogP) is 2.40. The third-order valence-electron chi connectivity index (χ3n) is 2.81. The number of nitrogens with zero attached hydrogens (tertiary/aromatic N) is 2. The average molecular weight is 284 g/mol. The number of hydrogen-bond donors (Lipinski definition) is 2. The minimum atomic E-state index is -0.252. The third kappa shape index (κ3) is 2.52. The van der Waals surface area contributed by atoms with Gasteiger partial charge in [-0.25, -0.2) is 4.98 Å². The number of pyridine rings is 1. The number of carbonyl (C=O) groups excluding carboxylic acids is 1. The van der Waals surface area contributed by atoms with Crippen LogP contribution in [0.5, 0.6) is 0 Å². The molecule has 0 aliphatic rings. The molecule has 0 aliphatic carbocycles. The lowest BCUT2D eigenvalue weighted by molar-refractivity contribution is 0.102. The Hall–Kier alpha value is -2.31. The zero-order valence-electron chi connectivity index (χ0n) is 10.5. The molecule has 1 amide bonds. The lowest BCUT2D eigenvalue weighted by Gasteiger charge is -2.04. The zero-order chi connectivity index (χ0) is 13.9. The number of benzene rings is 1. The van der Waals surface area contributed by atoms with E-state index in [1.807, 2.05) is 30.3 Å². The molecular weight excluding hydrogens is 272 g/mol. The fraction of sp³-hybridized carbons (Fsp3) is 0.0714. The Balaban J connectivity index is 1.83. The first kappa shape index (κ1) is 12.7. The largest absolute Gasteiger partial charge is 0.325 e. The summed E-state index contributed by atoms with van der Waals surface area (Å²) in [5, 5.41) is 6.21. The molecule has 2 aromatic heterocycles. The van der Waals surface area contributed by atoms with E-state index < -0.39 is 0 Å². The summed E-state index contributed by atoms with van der Waals surface area (Å²) < 4.78 is 0. The molecule has 2 heterocycles. The Kier molecular flexibility index (Phi) is 3.41. The van der Waals surface area contributed by atoms with Gasteiger partial charge in [-0.15, -0.1) is 11.3 Å². The van der Waals surface area contributed by atoms with Crippen LogP contribution < -0.4 is 11.1 Å². The van der Waals surface area contributed by atoms with Crippen LogP contribution in [0, 0.1) is 0 Å². The van der Waals surface area contributed by atoms with Gasteiger partial charge in [0.15, 0.2) is 0 Å².